The second-order valence-corrected chi connectivity index (χ2v) is 15.9. The summed E-state index contributed by atoms with van der Waals surface area (Å²) in [6.45, 7) is 11.2. The predicted molar refractivity (Wildman–Crippen MR) is 173 cm³/mol. The van der Waals surface area contributed by atoms with E-state index in [0.29, 0.717) is 11.1 Å². The molecule has 0 bridgehead atoms. The van der Waals surface area contributed by atoms with Gasteiger partial charge < -0.3 is 19.7 Å². The molecule has 1 aliphatic carbocycles. The number of hydrogen-bond donors (Lipinski definition) is 2. The van der Waals surface area contributed by atoms with Crippen LogP contribution in [0, 0.1) is 0 Å². The molecule has 10 nitrogen and oxygen atoms in total. The number of carbonyl (C=O) groups is 2. The molecule has 5 rings (SSSR count). The van der Waals surface area contributed by atoms with Crippen LogP contribution in [0.15, 0.2) is 82.6 Å². The van der Waals surface area contributed by atoms with Gasteiger partial charge in [-0.1, -0.05) is 77.9 Å². The minimum absolute atomic E-state index is 0. The third-order valence-corrected chi connectivity index (χ3v) is 9.60. The molecule has 48 heavy (non-hydrogen) atoms. The van der Waals surface area contributed by atoms with E-state index in [1.807, 2.05) is 41.5 Å². The van der Waals surface area contributed by atoms with Crippen molar-refractivity contribution in [3.63, 3.8) is 0 Å². The van der Waals surface area contributed by atoms with E-state index in [0.717, 1.165) is 0 Å². The van der Waals surface area contributed by atoms with Crippen molar-refractivity contribution >= 4 is 54.6 Å². The zero-order valence-electron chi connectivity index (χ0n) is 28.0. The van der Waals surface area contributed by atoms with E-state index < -0.39 is 52.4 Å². The van der Waals surface area contributed by atoms with Gasteiger partial charge >= 0.3 is 59.1 Å². The first kappa shape index (κ1) is 40.1. The molecule has 240 valence electrons. The fraction of sp³-hybridized carbons (Fsp3) is 0.235. The van der Waals surface area contributed by atoms with Gasteiger partial charge in [0.05, 0.1) is 43.7 Å². The van der Waals surface area contributed by atoms with E-state index in [9.17, 15) is 35.5 Å². The maximum Gasteiger partial charge on any atom is 1.00 e. The van der Waals surface area contributed by atoms with Crippen LogP contribution < -0.4 is 69.7 Å². The standard InChI is InChI=1S/C34H34N2O8S2.2Na/c1-33(2,3)19-11-13-23(27(17-19)45(39,40)41)35-25-15-16-26(30-29(25)31(37)21-9-7-8-10-22(21)32(30)38)36-24-14-12-20(34(4,5)6)18-28(24)46(42,43)44;;/h7-18,35-36H,1-6H3,(H,39,40,41)(H,42,43,44);;/q;2*+1/p-2. The SMILES string of the molecule is CC(C)(C)c1ccc(Nc2ccc(Nc3ccc(C(C)(C)C)cc3S(=O)(=O)[O-])c3c2C(=O)c2ccccc2C3=O)c(S(=O)(=O)[O-])c1.[Na+].[Na+]. The van der Waals surface area contributed by atoms with Gasteiger partial charge in [0.25, 0.3) is 0 Å². The Morgan fingerprint density at radius 1 is 0.521 bits per heavy atom. The summed E-state index contributed by atoms with van der Waals surface area (Å²) in [5.41, 5.74) is 0.103. The summed E-state index contributed by atoms with van der Waals surface area (Å²) in [5.74, 6) is -1.12. The van der Waals surface area contributed by atoms with Crippen LogP contribution in [0.5, 0.6) is 0 Å². The van der Waals surface area contributed by atoms with E-state index >= 15 is 0 Å². The molecule has 4 aromatic rings. The number of carbonyl (C=O) groups excluding carboxylic acids is 2. The van der Waals surface area contributed by atoms with Crippen molar-refractivity contribution in [3.05, 3.63) is 106 Å². The van der Waals surface area contributed by atoms with Crippen LogP contribution in [0.3, 0.4) is 0 Å². The fourth-order valence-electron chi connectivity index (χ4n) is 5.32. The van der Waals surface area contributed by atoms with Gasteiger partial charge in [0.1, 0.15) is 20.2 Å². The van der Waals surface area contributed by atoms with Crippen LogP contribution in [0.1, 0.15) is 84.5 Å². The van der Waals surface area contributed by atoms with Gasteiger partial charge in [0.2, 0.25) is 0 Å². The third kappa shape index (κ3) is 7.99. The van der Waals surface area contributed by atoms with Crippen molar-refractivity contribution in [2.45, 2.75) is 62.2 Å². The molecular weight excluding hydrogens is 674 g/mol. The van der Waals surface area contributed by atoms with E-state index in [4.69, 9.17) is 0 Å². The molecule has 0 aromatic heterocycles. The topological polar surface area (TPSA) is 173 Å². The summed E-state index contributed by atoms with van der Waals surface area (Å²) < 4.78 is 74.1. The zero-order valence-corrected chi connectivity index (χ0v) is 33.6. The Kier molecular flexibility index (Phi) is 11.8. The first-order valence-corrected chi connectivity index (χ1v) is 17.1. The molecule has 0 radical (unpaired) electrons. The summed E-state index contributed by atoms with van der Waals surface area (Å²) in [5, 5.41) is 5.79. The van der Waals surface area contributed by atoms with Crippen molar-refractivity contribution in [1.29, 1.82) is 0 Å². The quantitative estimate of drug-likeness (QED) is 0.186. The first-order valence-electron chi connectivity index (χ1n) is 14.3. The van der Waals surface area contributed by atoms with Gasteiger partial charge in [-0.15, -0.1) is 0 Å². The zero-order chi connectivity index (χ0) is 34.0. The van der Waals surface area contributed by atoms with Crippen molar-refractivity contribution in [2.75, 3.05) is 10.6 Å². The molecule has 0 saturated heterocycles. The second-order valence-electron chi connectivity index (χ2n) is 13.2. The van der Waals surface area contributed by atoms with Crippen LogP contribution in [0.25, 0.3) is 0 Å². The van der Waals surface area contributed by atoms with Gasteiger partial charge in [-0.05, 0) is 58.4 Å². The molecule has 0 atom stereocenters. The van der Waals surface area contributed by atoms with Crippen molar-refractivity contribution in [2.24, 2.45) is 0 Å². The van der Waals surface area contributed by atoms with E-state index in [-0.39, 0.29) is 104 Å². The van der Waals surface area contributed by atoms with Crippen LogP contribution >= 0.6 is 0 Å². The Morgan fingerprint density at radius 3 is 1.12 bits per heavy atom. The molecule has 0 heterocycles. The minimum atomic E-state index is -4.98. The predicted octanol–water partition coefficient (Wildman–Crippen LogP) is 0.360. The molecule has 0 aliphatic heterocycles. The van der Waals surface area contributed by atoms with Crippen LogP contribution in [0.2, 0.25) is 0 Å². The Labute approximate surface area is 325 Å². The van der Waals surface area contributed by atoms with Crippen LogP contribution in [-0.4, -0.2) is 37.5 Å². The van der Waals surface area contributed by atoms with Gasteiger partial charge in [0, 0.05) is 11.1 Å². The molecular formula is C34H32N2Na2O8S2. The monoisotopic (exact) mass is 706 g/mol. The fourth-order valence-corrected chi connectivity index (χ4v) is 6.64. The number of nitrogens with one attached hydrogen (secondary N) is 2. The number of hydrogen-bond acceptors (Lipinski definition) is 10. The number of rotatable bonds is 6. The third-order valence-electron chi connectivity index (χ3n) is 7.85. The Balaban J connectivity index is 0.00000312. The van der Waals surface area contributed by atoms with Crippen LogP contribution in [0.4, 0.5) is 22.7 Å². The van der Waals surface area contributed by atoms with Crippen molar-refractivity contribution in [1.82, 2.24) is 0 Å². The molecule has 0 fully saturated rings. The van der Waals surface area contributed by atoms with Gasteiger partial charge in [0.15, 0.2) is 11.6 Å². The average molecular weight is 707 g/mol. The van der Waals surface area contributed by atoms with E-state index in [2.05, 4.69) is 10.6 Å². The van der Waals surface area contributed by atoms with Crippen molar-refractivity contribution in [3.8, 4) is 0 Å². The summed E-state index contributed by atoms with van der Waals surface area (Å²) in [6, 6.07) is 17.7. The first-order chi connectivity index (χ1) is 21.2. The smallest absolute Gasteiger partial charge is 0.744 e. The molecule has 14 heteroatoms. The number of ketones is 2. The molecule has 4 aromatic carbocycles. The normalized spacial score (nSPS) is 13.1. The molecule has 0 saturated carbocycles. The Morgan fingerprint density at radius 2 is 0.833 bits per heavy atom. The molecule has 0 amide bonds. The largest absolute Gasteiger partial charge is 1.00 e. The number of anilines is 4. The summed E-state index contributed by atoms with van der Waals surface area (Å²) >= 11 is 0. The van der Waals surface area contributed by atoms with Gasteiger partial charge in [-0.3, -0.25) is 9.59 Å². The van der Waals surface area contributed by atoms with Crippen molar-refractivity contribution < 1.29 is 94.6 Å². The molecule has 0 unspecified atom stereocenters. The summed E-state index contributed by atoms with van der Waals surface area (Å²) in [4.78, 5) is 26.9. The maximum absolute atomic E-state index is 14.0. The molecule has 2 N–H and O–H groups in total. The second kappa shape index (κ2) is 14.1. The molecule has 1 aliphatic rings. The average Bonchev–Trinajstić information content (AvgIpc) is 2.94. The number of benzene rings is 4. The summed E-state index contributed by atoms with van der Waals surface area (Å²) in [7, 11) is -9.95. The van der Waals surface area contributed by atoms with Gasteiger partial charge in [-0.2, -0.15) is 0 Å². The molecule has 0 spiro atoms. The summed E-state index contributed by atoms with van der Waals surface area (Å²) in [6.07, 6.45) is 0. The van der Waals surface area contributed by atoms with E-state index in [1.165, 1.54) is 48.5 Å². The van der Waals surface area contributed by atoms with E-state index in [1.54, 1.807) is 24.3 Å². The Hall–Kier alpha value is -2.36. The maximum atomic E-state index is 14.0. The van der Waals surface area contributed by atoms with Gasteiger partial charge in [-0.25, -0.2) is 16.8 Å². The van der Waals surface area contributed by atoms with Crippen LogP contribution in [-0.2, 0) is 31.1 Å². The Bertz CT molecular complexity index is 2020. The minimum Gasteiger partial charge on any atom is -0.744 e. The number of fused-ring (bicyclic) bond motifs is 2.